The van der Waals surface area contributed by atoms with Crippen molar-refractivity contribution in [1.82, 2.24) is 15.5 Å². The Hall–Kier alpha value is -1.88. The first-order valence-corrected chi connectivity index (χ1v) is 11.6. The van der Waals surface area contributed by atoms with Gasteiger partial charge in [-0.25, -0.2) is 4.79 Å². The van der Waals surface area contributed by atoms with Gasteiger partial charge in [0.05, 0.1) is 6.54 Å². The molecule has 0 aromatic heterocycles. The van der Waals surface area contributed by atoms with E-state index in [0.717, 1.165) is 12.8 Å². The molecule has 3 N–H and O–H groups in total. The summed E-state index contributed by atoms with van der Waals surface area (Å²) >= 11 is 0. The summed E-state index contributed by atoms with van der Waals surface area (Å²) < 4.78 is 35.2. The zero-order valence-electron chi connectivity index (χ0n) is 18.6. The molecule has 11 heteroatoms. The Kier molecular flexibility index (Phi) is 8.68. The number of urea groups is 1. The smallest absolute Gasteiger partial charge is 0.324 e. The lowest BCUT2D eigenvalue weighted by atomic mass is 9.83. The van der Waals surface area contributed by atoms with Crippen molar-refractivity contribution in [1.29, 1.82) is 0 Å². The molecule has 0 aromatic rings. The maximum absolute atomic E-state index is 13.0. The second-order valence-corrected chi connectivity index (χ2v) is 11.0. The highest BCUT2D eigenvalue weighted by atomic mass is 32.2. The molecular weight excluding hydrogens is 414 g/mol. The van der Waals surface area contributed by atoms with Gasteiger partial charge in [0.1, 0.15) is 11.6 Å². The summed E-state index contributed by atoms with van der Waals surface area (Å²) in [5.74, 6) is -2.56. The van der Waals surface area contributed by atoms with E-state index >= 15 is 0 Å². The Labute approximate surface area is 178 Å². The van der Waals surface area contributed by atoms with E-state index in [1.165, 1.54) is 13.8 Å². The number of carbonyl (C=O) groups excluding carboxylic acids is 3. The van der Waals surface area contributed by atoms with Gasteiger partial charge in [-0.1, -0.05) is 27.7 Å². The number of piperidine rings is 1. The van der Waals surface area contributed by atoms with Crippen LogP contribution in [0.4, 0.5) is 4.79 Å². The van der Waals surface area contributed by atoms with Crippen molar-refractivity contribution < 1.29 is 32.1 Å². The van der Waals surface area contributed by atoms with Crippen LogP contribution in [0.5, 0.6) is 0 Å². The third-order valence-electron chi connectivity index (χ3n) is 4.80. The number of likely N-dealkylation sites (tertiary alicyclic amines) is 1. The van der Waals surface area contributed by atoms with Crippen molar-refractivity contribution in [2.75, 3.05) is 25.4 Å². The van der Waals surface area contributed by atoms with E-state index in [1.54, 1.807) is 4.90 Å². The number of nitrogens with zero attached hydrogens (tertiary/aromatic N) is 1. The minimum Gasteiger partial charge on any atom is -0.457 e. The molecule has 0 aliphatic carbocycles. The summed E-state index contributed by atoms with van der Waals surface area (Å²) in [5, 5.41) is 5.23. The fraction of sp³-hybridized carbons (Fsp3) is 0.842. The van der Waals surface area contributed by atoms with Crippen LogP contribution in [0.3, 0.4) is 0 Å². The van der Waals surface area contributed by atoms with Crippen molar-refractivity contribution in [3.8, 4) is 0 Å². The molecule has 0 radical (unpaired) electrons. The quantitative estimate of drug-likeness (QED) is 0.373. The van der Waals surface area contributed by atoms with Crippen molar-refractivity contribution in [2.45, 2.75) is 66.0 Å². The van der Waals surface area contributed by atoms with Crippen LogP contribution in [0.2, 0.25) is 0 Å². The summed E-state index contributed by atoms with van der Waals surface area (Å²) in [6.45, 7) is 12.1. The van der Waals surface area contributed by atoms with Gasteiger partial charge in [0.2, 0.25) is 5.91 Å². The van der Waals surface area contributed by atoms with Crippen LogP contribution in [-0.4, -0.2) is 72.8 Å². The van der Waals surface area contributed by atoms with Gasteiger partial charge in [0.25, 0.3) is 10.1 Å². The molecule has 0 saturated carbocycles. The fourth-order valence-corrected chi connectivity index (χ4v) is 3.69. The average Bonchev–Trinajstić information content (AvgIpc) is 2.53. The maximum atomic E-state index is 13.0. The Morgan fingerprint density at radius 3 is 2.33 bits per heavy atom. The topological polar surface area (TPSA) is 142 Å². The molecule has 1 fully saturated rings. The van der Waals surface area contributed by atoms with Gasteiger partial charge >= 0.3 is 12.0 Å². The first-order chi connectivity index (χ1) is 13.5. The summed E-state index contributed by atoms with van der Waals surface area (Å²) in [4.78, 5) is 38.7. The van der Waals surface area contributed by atoms with Crippen molar-refractivity contribution in [3.63, 3.8) is 0 Å². The number of esters is 1. The lowest BCUT2D eigenvalue weighted by Crippen LogP contribution is -2.57. The Morgan fingerprint density at radius 1 is 1.23 bits per heavy atom. The normalized spacial score (nSPS) is 17.9. The second-order valence-electron chi connectivity index (χ2n) is 9.54. The van der Waals surface area contributed by atoms with Gasteiger partial charge in [-0.2, -0.15) is 8.42 Å². The van der Waals surface area contributed by atoms with Crippen LogP contribution < -0.4 is 10.6 Å². The first-order valence-electron chi connectivity index (χ1n) is 10.0. The molecule has 1 saturated heterocycles. The predicted molar refractivity (Wildman–Crippen MR) is 111 cm³/mol. The van der Waals surface area contributed by atoms with Crippen molar-refractivity contribution >= 4 is 28.0 Å². The number of ether oxygens (including phenoxy) is 1. The molecular formula is C19H35N3O7S. The highest BCUT2D eigenvalue weighted by Crippen LogP contribution is 2.29. The van der Waals surface area contributed by atoms with Crippen LogP contribution in [-0.2, 0) is 24.4 Å². The van der Waals surface area contributed by atoms with Crippen LogP contribution >= 0.6 is 0 Å². The monoisotopic (exact) mass is 449 g/mol. The van der Waals surface area contributed by atoms with E-state index in [9.17, 15) is 22.8 Å². The molecule has 1 atom stereocenters. The fourth-order valence-electron chi connectivity index (χ4n) is 3.33. The molecule has 1 aliphatic rings. The maximum Gasteiger partial charge on any atom is 0.324 e. The lowest BCUT2D eigenvalue weighted by molar-refractivity contribution is -0.152. The average molecular weight is 450 g/mol. The lowest BCUT2D eigenvalue weighted by Gasteiger charge is -2.40. The predicted octanol–water partition coefficient (Wildman–Crippen LogP) is 1.17. The molecule has 1 aliphatic heterocycles. The van der Waals surface area contributed by atoms with Gasteiger partial charge in [-0.15, -0.1) is 0 Å². The summed E-state index contributed by atoms with van der Waals surface area (Å²) in [7, 11) is -4.50. The number of amides is 3. The van der Waals surface area contributed by atoms with Gasteiger partial charge in [-0.3, -0.25) is 14.1 Å². The number of hydrogen-bond donors (Lipinski definition) is 3. The van der Waals surface area contributed by atoms with Gasteiger partial charge < -0.3 is 20.3 Å². The van der Waals surface area contributed by atoms with Gasteiger partial charge in [0.15, 0.2) is 5.75 Å². The molecule has 1 unspecified atom stereocenters. The number of nitrogens with one attached hydrogen (secondary N) is 2. The van der Waals surface area contributed by atoms with Crippen molar-refractivity contribution in [3.05, 3.63) is 0 Å². The van der Waals surface area contributed by atoms with Crippen LogP contribution in [0.25, 0.3) is 0 Å². The molecule has 0 bridgehead atoms. The Morgan fingerprint density at radius 2 is 1.83 bits per heavy atom. The minimum absolute atomic E-state index is 0.0354. The third-order valence-corrected chi connectivity index (χ3v) is 5.40. The van der Waals surface area contributed by atoms with E-state index in [0.29, 0.717) is 13.1 Å². The summed E-state index contributed by atoms with van der Waals surface area (Å²) in [5.41, 5.74) is -1.18. The molecule has 30 heavy (non-hydrogen) atoms. The van der Waals surface area contributed by atoms with E-state index in [4.69, 9.17) is 9.29 Å². The number of carbonyl (C=O) groups is 3. The van der Waals surface area contributed by atoms with Crippen LogP contribution in [0, 0.1) is 11.3 Å². The van der Waals surface area contributed by atoms with Crippen LogP contribution in [0.1, 0.15) is 54.4 Å². The van der Waals surface area contributed by atoms with E-state index < -0.39 is 39.5 Å². The molecule has 1 heterocycles. The van der Waals surface area contributed by atoms with E-state index in [1.807, 2.05) is 13.8 Å². The molecule has 1 rings (SSSR count). The molecule has 0 aromatic carbocycles. The Bertz CT molecular complexity index is 747. The largest absolute Gasteiger partial charge is 0.457 e. The van der Waals surface area contributed by atoms with E-state index in [2.05, 4.69) is 24.5 Å². The number of rotatable bonds is 8. The summed E-state index contributed by atoms with van der Waals surface area (Å²) in [6.07, 6.45) is 1.96. The zero-order valence-corrected chi connectivity index (χ0v) is 19.5. The van der Waals surface area contributed by atoms with Crippen LogP contribution in [0.15, 0.2) is 0 Å². The molecule has 0 spiro atoms. The summed E-state index contributed by atoms with van der Waals surface area (Å²) in [6, 6.07) is -1.30. The molecule has 174 valence electrons. The minimum atomic E-state index is -4.50. The number of hydrogen-bond acceptors (Lipinski definition) is 6. The van der Waals surface area contributed by atoms with E-state index in [-0.39, 0.29) is 23.8 Å². The molecule has 3 amide bonds. The standard InChI is InChI=1S/C19H35N3O7S/c1-13(2)15(16(24)22-9-7-8-18(3,4)12-22)21-17(25)20-11-19(5,6)29-14(23)10-30(26,27)28/h13,15H,7-12H2,1-6H3,(H2,20,21,25)(H,26,27,28). The zero-order chi connectivity index (χ0) is 23.3. The molecule has 10 nitrogen and oxygen atoms in total. The second kappa shape index (κ2) is 9.95. The van der Waals surface area contributed by atoms with Crippen molar-refractivity contribution in [2.24, 2.45) is 11.3 Å². The Balaban J connectivity index is 2.65. The van der Waals surface area contributed by atoms with Gasteiger partial charge in [0, 0.05) is 13.1 Å². The highest BCUT2D eigenvalue weighted by molar-refractivity contribution is 7.86. The SMILES string of the molecule is CC(C)C(NC(=O)NCC(C)(C)OC(=O)CS(=O)(=O)O)C(=O)N1CCCC(C)(C)C1. The first kappa shape index (κ1) is 26.2. The third kappa shape index (κ3) is 9.29. The van der Waals surface area contributed by atoms with Gasteiger partial charge in [-0.05, 0) is 38.0 Å². The highest BCUT2D eigenvalue weighted by Gasteiger charge is 2.35.